The lowest BCUT2D eigenvalue weighted by atomic mass is 10.1. The molecule has 0 aliphatic heterocycles. The maximum absolute atomic E-state index is 12.9. The molecule has 0 heterocycles. The lowest BCUT2D eigenvalue weighted by molar-refractivity contribution is -0.127. The van der Waals surface area contributed by atoms with Crippen LogP contribution in [-0.2, 0) is 4.79 Å². The second kappa shape index (κ2) is 7.07. The molecule has 116 valence electrons. The van der Waals surface area contributed by atoms with Crippen LogP contribution in [-0.4, -0.2) is 12.0 Å². The average molecular weight is 301 g/mol. The third kappa shape index (κ3) is 4.32. The van der Waals surface area contributed by atoms with Crippen molar-refractivity contribution in [1.82, 2.24) is 5.32 Å². The number of rotatable bonds is 5. The highest BCUT2D eigenvalue weighted by molar-refractivity contribution is 5.81. The van der Waals surface area contributed by atoms with Crippen molar-refractivity contribution in [2.24, 2.45) is 0 Å². The molecule has 1 N–H and O–H groups in total. The summed E-state index contributed by atoms with van der Waals surface area (Å²) in [7, 11) is 0. The Morgan fingerprint density at radius 2 is 1.64 bits per heavy atom. The largest absolute Gasteiger partial charge is 0.481 e. The highest BCUT2D eigenvalue weighted by atomic mass is 19.1. The van der Waals surface area contributed by atoms with E-state index in [1.54, 1.807) is 19.1 Å². The first-order valence-corrected chi connectivity index (χ1v) is 7.25. The fraction of sp³-hybridized carbons (Fsp3) is 0.278. The van der Waals surface area contributed by atoms with E-state index in [2.05, 4.69) is 5.32 Å². The summed E-state index contributed by atoms with van der Waals surface area (Å²) in [6, 6.07) is 13.4. The summed E-state index contributed by atoms with van der Waals surface area (Å²) >= 11 is 0. The number of carbonyl (C=O) groups excluding carboxylic acids is 1. The second-order valence-corrected chi connectivity index (χ2v) is 5.35. The van der Waals surface area contributed by atoms with E-state index < -0.39 is 6.10 Å². The van der Waals surface area contributed by atoms with Gasteiger partial charge < -0.3 is 10.1 Å². The van der Waals surface area contributed by atoms with Crippen LogP contribution in [0.1, 0.15) is 31.0 Å². The van der Waals surface area contributed by atoms with Gasteiger partial charge in [-0.3, -0.25) is 4.79 Å². The maximum atomic E-state index is 12.9. The van der Waals surface area contributed by atoms with E-state index in [0.717, 1.165) is 11.1 Å². The molecule has 0 aliphatic carbocycles. The molecule has 0 radical (unpaired) electrons. The Morgan fingerprint density at radius 1 is 1.05 bits per heavy atom. The molecule has 0 aliphatic rings. The minimum absolute atomic E-state index is 0.211. The molecule has 0 unspecified atom stereocenters. The van der Waals surface area contributed by atoms with Crippen molar-refractivity contribution in [2.45, 2.75) is 32.9 Å². The number of ether oxygens (including phenoxy) is 1. The Balaban J connectivity index is 1.93. The SMILES string of the molecule is Cc1ccc(O[C@@H](C)C(=O)N[C@H](C)c2ccc(F)cc2)cc1. The molecule has 2 aromatic carbocycles. The van der Waals surface area contributed by atoms with Gasteiger partial charge in [0.1, 0.15) is 11.6 Å². The lowest BCUT2D eigenvalue weighted by Crippen LogP contribution is -2.37. The predicted octanol–water partition coefficient (Wildman–Crippen LogP) is 3.78. The molecule has 2 aromatic rings. The number of benzene rings is 2. The third-order valence-electron chi connectivity index (χ3n) is 3.43. The van der Waals surface area contributed by atoms with Crippen LogP contribution in [0, 0.1) is 12.7 Å². The van der Waals surface area contributed by atoms with Gasteiger partial charge in [0.05, 0.1) is 6.04 Å². The standard InChI is InChI=1S/C18H20FNO2/c1-12-4-10-17(11-5-12)22-14(3)18(21)20-13(2)15-6-8-16(19)9-7-15/h4-11,13-14H,1-3H3,(H,20,21)/t13-,14+/m1/s1. The molecule has 0 aromatic heterocycles. The maximum Gasteiger partial charge on any atom is 0.261 e. The summed E-state index contributed by atoms with van der Waals surface area (Å²) in [5.41, 5.74) is 1.98. The Morgan fingerprint density at radius 3 is 2.23 bits per heavy atom. The molecule has 2 atom stereocenters. The molecule has 22 heavy (non-hydrogen) atoms. The smallest absolute Gasteiger partial charge is 0.261 e. The Labute approximate surface area is 130 Å². The van der Waals surface area contributed by atoms with Crippen molar-refractivity contribution in [2.75, 3.05) is 0 Å². The molecule has 0 bridgehead atoms. The second-order valence-electron chi connectivity index (χ2n) is 5.35. The third-order valence-corrected chi connectivity index (χ3v) is 3.43. The van der Waals surface area contributed by atoms with Crippen molar-refractivity contribution >= 4 is 5.91 Å². The number of hydrogen-bond acceptors (Lipinski definition) is 2. The van der Waals surface area contributed by atoms with Crippen LogP contribution in [0.5, 0.6) is 5.75 Å². The summed E-state index contributed by atoms with van der Waals surface area (Å²) < 4.78 is 18.5. The zero-order valence-corrected chi connectivity index (χ0v) is 13.0. The van der Waals surface area contributed by atoms with Gasteiger partial charge in [0.2, 0.25) is 0 Å². The molecule has 1 amide bonds. The first-order valence-electron chi connectivity index (χ1n) is 7.25. The molecule has 0 spiro atoms. The summed E-state index contributed by atoms with van der Waals surface area (Å²) in [6.45, 7) is 5.54. The van der Waals surface area contributed by atoms with Gasteiger partial charge in [0.15, 0.2) is 6.10 Å². The van der Waals surface area contributed by atoms with E-state index in [1.165, 1.54) is 12.1 Å². The quantitative estimate of drug-likeness (QED) is 0.912. The molecule has 2 rings (SSSR count). The van der Waals surface area contributed by atoms with Crippen LogP contribution in [0.4, 0.5) is 4.39 Å². The van der Waals surface area contributed by atoms with Gasteiger partial charge in [0.25, 0.3) is 5.91 Å². The van der Waals surface area contributed by atoms with Crippen LogP contribution in [0.2, 0.25) is 0 Å². The normalized spacial score (nSPS) is 13.3. The van der Waals surface area contributed by atoms with Gasteiger partial charge in [-0.1, -0.05) is 29.8 Å². The molecular formula is C18H20FNO2. The van der Waals surface area contributed by atoms with Gasteiger partial charge >= 0.3 is 0 Å². The van der Waals surface area contributed by atoms with Crippen molar-refractivity contribution < 1.29 is 13.9 Å². The summed E-state index contributed by atoms with van der Waals surface area (Å²) in [5.74, 6) is 0.151. The summed E-state index contributed by atoms with van der Waals surface area (Å²) in [4.78, 5) is 12.2. The van der Waals surface area contributed by atoms with Gasteiger partial charge in [-0.25, -0.2) is 4.39 Å². The fourth-order valence-electron chi connectivity index (χ4n) is 2.04. The van der Waals surface area contributed by atoms with Crippen molar-refractivity contribution in [3.05, 3.63) is 65.5 Å². The molecule has 4 heteroatoms. The first-order chi connectivity index (χ1) is 10.5. The zero-order valence-electron chi connectivity index (χ0n) is 13.0. The molecule has 0 fully saturated rings. The molecule has 3 nitrogen and oxygen atoms in total. The predicted molar refractivity (Wildman–Crippen MR) is 84.2 cm³/mol. The highest BCUT2D eigenvalue weighted by Gasteiger charge is 2.17. The number of nitrogens with one attached hydrogen (secondary N) is 1. The van der Waals surface area contributed by atoms with Crippen molar-refractivity contribution in [3.8, 4) is 5.75 Å². The average Bonchev–Trinajstić information content (AvgIpc) is 2.50. The van der Waals surface area contributed by atoms with E-state index in [4.69, 9.17) is 4.74 Å². The van der Waals surface area contributed by atoms with Crippen LogP contribution < -0.4 is 10.1 Å². The van der Waals surface area contributed by atoms with Gasteiger partial charge in [0, 0.05) is 0 Å². The van der Waals surface area contributed by atoms with E-state index in [9.17, 15) is 9.18 Å². The first kappa shape index (κ1) is 16.0. The Bertz CT molecular complexity index is 623. The van der Waals surface area contributed by atoms with Gasteiger partial charge in [-0.15, -0.1) is 0 Å². The van der Waals surface area contributed by atoms with E-state index in [1.807, 2.05) is 38.1 Å². The van der Waals surface area contributed by atoms with Crippen LogP contribution >= 0.6 is 0 Å². The highest BCUT2D eigenvalue weighted by Crippen LogP contribution is 2.15. The van der Waals surface area contributed by atoms with Gasteiger partial charge in [-0.05, 0) is 50.6 Å². The molecule has 0 saturated heterocycles. The molecule has 0 saturated carbocycles. The Hall–Kier alpha value is -2.36. The lowest BCUT2D eigenvalue weighted by Gasteiger charge is -2.19. The van der Waals surface area contributed by atoms with Crippen molar-refractivity contribution in [1.29, 1.82) is 0 Å². The summed E-state index contributed by atoms with van der Waals surface area (Å²) in [5, 5.41) is 2.86. The Kier molecular flexibility index (Phi) is 5.15. The minimum Gasteiger partial charge on any atom is -0.481 e. The number of carbonyl (C=O) groups is 1. The van der Waals surface area contributed by atoms with Crippen molar-refractivity contribution in [3.63, 3.8) is 0 Å². The van der Waals surface area contributed by atoms with E-state index >= 15 is 0 Å². The van der Waals surface area contributed by atoms with Crippen LogP contribution in [0.3, 0.4) is 0 Å². The number of aryl methyl sites for hydroxylation is 1. The number of halogens is 1. The van der Waals surface area contributed by atoms with E-state index in [0.29, 0.717) is 5.75 Å². The van der Waals surface area contributed by atoms with Crippen LogP contribution in [0.15, 0.2) is 48.5 Å². The van der Waals surface area contributed by atoms with E-state index in [-0.39, 0.29) is 17.8 Å². The van der Waals surface area contributed by atoms with Gasteiger partial charge in [-0.2, -0.15) is 0 Å². The molecular weight excluding hydrogens is 281 g/mol. The van der Waals surface area contributed by atoms with Crippen LogP contribution in [0.25, 0.3) is 0 Å². The zero-order chi connectivity index (χ0) is 16.1. The number of amides is 1. The monoisotopic (exact) mass is 301 g/mol. The summed E-state index contributed by atoms with van der Waals surface area (Å²) in [6.07, 6.45) is -0.606. The number of hydrogen-bond donors (Lipinski definition) is 1. The topological polar surface area (TPSA) is 38.3 Å². The fourth-order valence-corrected chi connectivity index (χ4v) is 2.04. The minimum atomic E-state index is -0.606.